The van der Waals surface area contributed by atoms with E-state index < -0.39 is 5.97 Å². The average molecular weight is 280 g/mol. The van der Waals surface area contributed by atoms with Gasteiger partial charge in [-0.15, -0.1) is 0 Å². The minimum Gasteiger partial charge on any atom is -0.481 e. The minimum atomic E-state index is -0.755. The van der Waals surface area contributed by atoms with Crippen molar-refractivity contribution < 1.29 is 14.7 Å². The molecule has 0 saturated carbocycles. The largest absolute Gasteiger partial charge is 0.481 e. The van der Waals surface area contributed by atoms with Crippen molar-refractivity contribution in [2.75, 3.05) is 6.54 Å². The average Bonchev–Trinajstić information content (AvgIpc) is 2.41. The number of hydrogen-bond acceptors (Lipinski definition) is 3. The van der Waals surface area contributed by atoms with Crippen LogP contribution in [0.1, 0.15) is 48.9 Å². The second-order valence-electron chi connectivity index (χ2n) is 4.61. The van der Waals surface area contributed by atoms with E-state index in [-0.39, 0.29) is 17.9 Å². The van der Waals surface area contributed by atoms with E-state index in [4.69, 9.17) is 5.11 Å². The SMILES string of the molecule is O=C(O)CCCCCCCNC(=O)c1cc[nH]c(=O)c1. The van der Waals surface area contributed by atoms with Gasteiger partial charge >= 0.3 is 5.97 Å². The molecule has 1 aromatic rings. The zero-order valence-electron chi connectivity index (χ0n) is 11.4. The first kappa shape index (κ1) is 15.9. The molecule has 0 radical (unpaired) electrons. The quantitative estimate of drug-likeness (QED) is 0.597. The Hall–Kier alpha value is -2.11. The Morgan fingerprint density at radius 3 is 2.55 bits per heavy atom. The monoisotopic (exact) mass is 280 g/mol. The first-order valence-electron chi connectivity index (χ1n) is 6.78. The number of nitrogens with one attached hydrogen (secondary N) is 2. The van der Waals surface area contributed by atoms with Crippen LogP contribution in [0.15, 0.2) is 23.1 Å². The second kappa shape index (κ2) is 8.90. The molecule has 1 amide bonds. The fourth-order valence-corrected chi connectivity index (χ4v) is 1.82. The van der Waals surface area contributed by atoms with Gasteiger partial charge in [-0.1, -0.05) is 19.3 Å². The van der Waals surface area contributed by atoms with Gasteiger partial charge in [-0.25, -0.2) is 0 Å². The number of pyridine rings is 1. The lowest BCUT2D eigenvalue weighted by atomic mass is 10.1. The topological polar surface area (TPSA) is 99.3 Å². The van der Waals surface area contributed by atoms with Crippen molar-refractivity contribution in [2.24, 2.45) is 0 Å². The highest BCUT2D eigenvalue weighted by Gasteiger charge is 2.04. The van der Waals surface area contributed by atoms with Gasteiger partial charge in [0.2, 0.25) is 5.56 Å². The highest BCUT2D eigenvalue weighted by Crippen LogP contribution is 2.05. The normalized spacial score (nSPS) is 10.2. The molecule has 1 rings (SSSR count). The number of carbonyl (C=O) groups is 2. The number of aromatic amines is 1. The number of H-pyrrole nitrogens is 1. The molecule has 6 nitrogen and oxygen atoms in total. The number of unbranched alkanes of at least 4 members (excludes halogenated alkanes) is 4. The highest BCUT2D eigenvalue weighted by molar-refractivity contribution is 5.93. The molecule has 0 bridgehead atoms. The van der Waals surface area contributed by atoms with E-state index in [0.717, 1.165) is 25.7 Å². The van der Waals surface area contributed by atoms with Gasteiger partial charge in [-0.3, -0.25) is 14.4 Å². The van der Waals surface area contributed by atoms with Crippen LogP contribution in [0.2, 0.25) is 0 Å². The zero-order valence-corrected chi connectivity index (χ0v) is 11.4. The molecule has 1 aromatic heterocycles. The van der Waals surface area contributed by atoms with Crippen LogP contribution >= 0.6 is 0 Å². The van der Waals surface area contributed by atoms with Crippen molar-refractivity contribution >= 4 is 11.9 Å². The molecule has 3 N–H and O–H groups in total. The van der Waals surface area contributed by atoms with Gasteiger partial charge < -0.3 is 15.4 Å². The summed E-state index contributed by atoms with van der Waals surface area (Å²) in [6.45, 7) is 0.560. The summed E-state index contributed by atoms with van der Waals surface area (Å²) in [5, 5.41) is 11.2. The van der Waals surface area contributed by atoms with Crippen LogP contribution in [-0.2, 0) is 4.79 Å². The van der Waals surface area contributed by atoms with Crippen molar-refractivity contribution in [1.82, 2.24) is 10.3 Å². The standard InChI is InChI=1S/C14H20N2O4/c17-12-10-11(7-9-15-12)14(20)16-8-5-3-1-2-4-6-13(18)19/h7,9-10H,1-6,8H2,(H,15,17)(H,16,20)(H,18,19). The first-order valence-corrected chi connectivity index (χ1v) is 6.78. The molecular weight excluding hydrogens is 260 g/mol. The number of hydrogen-bond donors (Lipinski definition) is 3. The molecule has 1 heterocycles. The third-order valence-electron chi connectivity index (χ3n) is 2.89. The number of carbonyl (C=O) groups excluding carboxylic acids is 1. The summed E-state index contributed by atoms with van der Waals surface area (Å²) in [5.41, 5.74) is 0.0614. The van der Waals surface area contributed by atoms with E-state index >= 15 is 0 Å². The van der Waals surface area contributed by atoms with Crippen molar-refractivity contribution in [3.8, 4) is 0 Å². The minimum absolute atomic E-state index is 0.222. The summed E-state index contributed by atoms with van der Waals surface area (Å²) in [6.07, 6.45) is 6.03. The Kier molecular flexibility index (Phi) is 7.10. The van der Waals surface area contributed by atoms with E-state index in [2.05, 4.69) is 10.3 Å². The molecule has 0 saturated heterocycles. The predicted octanol–water partition coefficient (Wildman–Crippen LogP) is 1.53. The number of aromatic nitrogens is 1. The Balaban J connectivity index is 2.08. The molecule has 0 unspecified atom stereocenters. The third kappa shape index (κ3) is 6.72. The maximum Gasteiger partial charge on any atom is 0.303 e. The summed E-state index contributed by atoms with van der Waals surface area (Å²) in [4.78, 5) is 35.5. The maximum absolute atomic E-state index is 11.7. The van der Waals surface area contributed by atoms with Crippen LogP contribution in [0.4, 0.5) is 0 Å². The van der Waals surface area contributed by atoms with Crippen LogP contribution < -0.4 is 10.9 Å². The summed E-state index contributed by atoms with van der Waals surface area (Å²) >= 11 is 0. The number of carboxylic acid groups (broad SMARTS) is 1. The van der Waals surface area contributed by atoms with Gasteiger partial charge in [0, 0.05) is 30.8 Å². The van der Waals surface area contributed by atoms with Crippen LogP contribution in [0.3, 0.4) is 0 Å². The van der Waals surface area contributed by atoms with E-state index in [0.29, 0.717) is 18.5 Å². The van der Waals surface area contributed by atoms with Gasteiger partial charge in [0.25, 0.3) is 5.91 Å². The maximum atomic E-state index is 11.7. The van der Waals surface area contributed by atoms with Gasteiger partial charge in [-0.2, -0.15) is 0 Å². The van der Waals surface area contributed by atoms with Crippen LogP contribution in [0, 0.1) is 0 Å². The van der Waals surface area contributed by atoms with Gasteiger partial charge in [0.1, 0.15) is 0 Å². The smallest absolute Gasteiger partial charge is 0.303 e. The van der Waals surface area contributed by atoms with Crippen molar-refractivity contribution in [1.29, 1.82) is 0 Å². The van der Waals surface area contributed by atoms with Crippen molar-refractivity contribution in [2.45, 2.75) is 38.5 Å². The van der Waals surface area contributed by atoms with E-state index in [1.165, 1.54) is 12.3 Å². The van der Waals surface area contributed by atoms with E-state index in [1.807, 2.05) is 0 Å². The lowest BCUT2D eigenvalue weighted by Crippen LogP contribution is -2.25. The van der Waals surface area contributed by atoms with Gasteiger partial charge in [0.05, 0.1) is 0 Å². The molecule has 0 fully saturated rings. The number of rotatable bonds is 9. The molecule has 6 heteroatoms. The third-order valence-corrected chi connectivity index (χ3v) is 2.89. The fraction of sp³-hybridized carbons (Fsp3) is 0.500. The number of aliphatic carboxylic acids is 1. The lowest BCUT2D eigenvalue weighted by molar-refractivity contribution is -0.137. The molecular formula is C14H20N2O4. The molecule has 0 atom stereocenters. The number of carboxylic acids is 1. The van der Waals surface area contributed by atoms with Gasteiger partial charge in [0.15, 0.2) is 0 Å². The fourth-order valence-electron chi connectivity index (χ4n) is 1.82. The molecule has 0 aliphatic heterocycles. The van der Waals surface area contributed by atoms with E-state index in [1.54, 1.807) is 6.07 Å². The van der Waals surface area contributed by atoms with Crippen LogP contribution in [0.25, 0.3) is 0 Å². The first-order chi connectivity index (χ1) is 9.59. The summed E-state index contributed by atoms with van der Waals surface area (Å²) < 4.78 is 0. The zero-order chi connectivity index (χ0) is 14.8. The van der Waals surface area contributed by atoms with Crippen molar-refractivity contribution in [3.63, 3.8) is 0 Å². The van der Waals surface area contributed by atoms with Crippen LogP contribution in [0.5, 0.6) is 0 Å². The van der Waals surface area contributed by atoms with Crippen LogP contribution in [-0.4, -0.2) is 28.5 Å². The molecule has 0 aliphatic rings. The van der Waals surface area contributed by atoms with Gasteiger partial charge in [-0.05, 0) is 18.9 Å². The molecule has 110 valence electrons. The summed E-state index contributed by atoms with van der Waals surface area (Å²) in [5.74, 6) is -1.00. The highest BCUT2D eigenvalue weighted by atomic mass is 16.4. The van der Waals surface area contributed by atoms with Crippen molar-refractivity contribution in [3.05, 3.63) is 34.2 Å². The summed E-state index contributed by atoms with van der Waals surface area (Å²) in [7, 11) is 0. The molecule has 0 aliphatic carbocycles. The van der Waals surface area contributed by atoms with E-state index in [9.17, 15) is 14.4 Å². The second-order valence-corrected chi connectivity index (χ2v) is 4.61. The Labute approximate surface area is 117 Å². The number of amides is 1. The Morgan fingerprint density at radius 2 is 1.85 bits per heavy atom. The molecule has 0 aromatic carbocycles. The molecule has 20 heavy (non-hydrogen) atoms. The summed E-state index contributed by atoms with van der Waals surface area (Å²) in [6, 6.07) is 2.82. The Morgan fingerprint density at radius 1 is 1.15 bits per heavy atom. The molecule has 0 spiro atoms. The Bertz CT molecular complexity index is 496. The predicted molar refractivity (Wildman–Crippen MR) is 74.7 cm³/mol. The lowest BCUT2D eigenvalue weighted by Gasteiger charge is -2.04.